The van der Waals surface area contributed by atoms with E-state index in [-0.39, 0.29) is 5.91 Å². The molecular formula is C22H35N3O2. The van der Waals surface area contributed by atoms with Gasteiger partial charge in [-0.15, -0.1) is 0 Å². The van der Waals surface area contributed by atoms with Crippen molar-refractivity contribution in [3.05, 3.63) is 29.3 Å². The van der Waals surface area contributed by atoms with E-state index in [0.29, 0.717) is 18.5 Å². The van der Waals surface area contributed by atoms with E-state index in [4.69, 9.17) is 4.74 Å². The van der Waals surface area contributed by atoms with Crippen LogP contribution in [0.15, 0.2) is 18.2 Å². The third-order valence-corrected chi connectivity index (χ3v) is 6.12. The molecule has 0 spiro atoms. The van der Waals surface area contributed by atoms with E-state index < -0.39 is 0 Å². The lowest BCUT2D eigenvalue weighted by Gasteiger charge is -2.35. The fraction of sp³-hybridized carbons (Fsp3) is 0.682. The molecule has 150 valence electrons. The highest BCUT2D eigenvalue weighted by Crippen LogP contribution is 2.24. The van der Waals surface area contributed by atoms with Crippen molar-refractivity contribution in [1.82, 2.24) is 15.1 Å². The number of ether oxygens (including phenoxy) is 1. The van der Waals surface area contributed by atoms with Gasteiger partial charge in [0.15, 0.2) is 0 Å². The Bertz CT molecular complexity index is 626. The molecule has 1 aromatic carbocycles. The van der Waals surface area contributed by atoms with Crippen LogP contribution in [0.1, 0.15) is 43.7 Å². The van der Waals surface area contributed by atoms with Crippen molar-refractivity contribution in [2.24, 2.45) is 5.92 Å². The molecule has 1 amide bonds. The third kappa shape index (κ3) is 5.69. The molecular weight excluding hydrogens is 338 g/mol. The molecule has 5 nitrogen and oxygen atoms in total. The molecule has 1 saturated heterocycles. The third-order valence-electron chi connectivity index (χ3n) is 6.12. The Hall–Kier alpha value is -1.59. The maximum Gasteiger partial charge on any atom is 0.234 e. The van der Waals surface area contributed by atoms with E-state index in [2.05, 4.69) is 47.2 Å². The van der Waals surface area contributed by atoms with Crippen LogP contribution in [0.25, 0.3) is 0 Å². The van der Waals surface area contributed by atoms with Crippen LogP contribution in [0.5, 0.6) is 5.75 Å². The normalized spacial score (nSPS) is 24.6. The number of carbonyl (C=O) groups excluding carboxylic acids is 1. The van der Waals surface area contributed by atoms with Crippen LogP contribution in [0.4, 0.5) is 0 Å². The first-order valence-electron chi connectivity index (χ1n) is 10.4. The van der Waals surface area contributed by atoms with Crippen molar-refractivity contribution in [1.29, 1.82) is 0 Å². The zero-order chi connectivity index (χ0) is 19.2. The van der Waals surface area contributed by atoms with Crippen LogP contribution in [0, 0.1) is 12.8 Å². The summed E-state index contributed by atoms with van der Waals surface area (Å²) in [7, 11) is 1.73. The van der Waals surface area contributed by atoms with Gasteiger partial charge in [0.05, 0.1) is 13.7 Å². The minimum atomic E-state index is 0.197. The van der Waals surface area contributed by atoms with Gasteiger partial charge in [-0.3, -0.25) is 14.6 Å². The van der Waals surface area contributed by atoms with Gasteiger partial charge in [-0.1, -0.05) is 37.5 Å². The largest absolute Gasteiger partial charge is 0.496 e. The number of carbonyl (C=O) groups is 1. The second-order valence-electron chi connectivity index (χ2n) is 8.30. The molecule has 0 bridgehead atoms. The van der Waals surface area contributed by atoms with Crippen LogP contribution in [-0.4, -0.2) is 61.6 Å². The summed E-state index contributed by atoms with van der Waals surface area (Å²) in [5, 5.41) is 3.28. The Morgan fingerprint density at radius 3 is 2.56 bits per heavy atom. The smallest absolute Gasteiger partial charge is 0.234 e. The van der Waals surface area contributed by atoms with Crippen molar-refractivity contribution in [2.45, 2.75) is 52.1 Å². The molecule has 1 aromatic rings. The lowest BCUT2D eigenvalue weighted by atomic mass is 9.86. The van der Waals surface area contributed by atoms with E-state index in [9.17, 15) is 4.79 Å². The van der Waals surface area contributed by atoms with Gasteiger partial charge in [-0.05, 0) is 31.7 Å². The molecule has 2 atom stereocenters. The molecule has 1 heterocycles. The minimum absolute atomic E-state index is 0.197. The number of amides is 1. The standard InChI is InChI=1S/C22H35N3O2/c1-17-8-9-21(27-3)19(14-17)15-24-10-12-25(13-11-24)16-22(26)23-20-7-5-4-6-18(20)2/h8-9,14,18,20H,4-7,10-13,15-16H2,1-3H3,(H,23,26)/t18-,20-/m1/s1. The molecule has 3 rings (SSSR count). The van der Waals surface area contributed by atoms with Gasteiger partial charge < -0.3 is 10.1 Å². The van der Waals surface area contributed by atoms with Crippen molar-refractivity contribution in [3.63, 3.8) is 0 Å². The van der Waals surface area contributed by atoms with Crippen LogP contribution in [0.2, 0.25) is 0 Å². The molecule has 5 heteroatoms. The molecule has 1 N–H and O–H groups in total. The zero-order valence-electron chi connectivity index (χ0n) is 17.2. The van der Waals surface area contributed by atoms with Crippen LogP contribution < -0.4 is 10.1 Å². The molecule has 0 aromatic heterocycles. The van der Waals surface area contributed by atoms with Gasteiger partial charge in [-0.2, -0.15) is 0 Å². The number of piperazine rings is 1. The fourth-order valence-electron chi connectivity index (χ4n) is 4.36. The van der Waals surface area contributed by atoms with Gasteiger partial charge in [0.2, 0.25) is 5.91 Å². The number of hydrogen-bond donors (Lipinski definition) is 1. The predicted molar refractivity (Wildman–Crippen MR) is 109 cm³/mol. The highest BCUT2D eigenvalue weighted by molar-refractivity contribution is 5.78. The van der Waals surface area contributed by atoms with Crippen molar-refractivity contribution < 1.29 is 9.53 Å². The number of nitrogens with zero attached hydrogens (tertiary/aromatic N) is 2. The second-order valence-corrected chi connectivity index (χ2v) is 8.30. The molecule has 2 fully saturated rings. The first-order chi connectivity index (χ1) is 13.0. The molecule has 0 unspecified atom stereocenters. The van der Waals surface area contributed by atoms with E-state index in [1.807, 2.05) is 0 Å². The maximum atomic E-state index is 12.4. The highest BCUT2D eigenvalue weighted by Gasteiger charge is 2.25. The number of hydrogen-bond acceptors (Lipinski definition) is 4. The molecule has 1 aliphatic carbocycles. The predicted octanol–water partition coefficient (Wildman–Crippen LogP) is 2.82. The number of methoxy groups -OCH3 is 1. The first-order valence-corrected chi connectivity index (χ1v) is 10.4. The summed E-state index contributed by atoms with van der Waals surface area (Å²) >= 11 is 0. The zero-order valence-corrected chi connectivity index (χ0v) is 17.2. The van der Waals surface area contributed by atoms with Crippen molar-refractivity contribution in [2.75, 3.05) is 39.8 Å². The summed E-state index contributed by atoms with van der Waals surface area (Å²) in [6, 6.07) is 6.73. The number of benzene rings is 1. The number of nitrogens with one attached hydrogen (secondary N) is 1. The first kappa shape index (κ1) is 20.2. The van der Waals surface area contributed by atoms with Crippen molar-refractivity contribution >= 4 is 5.91 Å². The lowest BCUT2D eigenvalue weighted by Crippen LogP contribution is -2.51. The summed E-state index contributed by atoms with van der Waals surface area (Å²) in [5.74, 6) is 1.77. The summed E-state index contributed by atoms with van der Waals surface area (Å²) in [4.78, 5) is 17.2. The topological polar surface area (TPSA) is 44.8 Å². The van der Waals surface area contributed by atoms with Gasteiger partial charge in [0.25, 0.3) is 0 Å². The summed E-state index contributed by atoms with van der Waals surface area (Å²) < 4.78 is 5.51. The summed E-state index contributed by atoms with van der Waals surface area (Å²) in [6.07, 6.45) is 4.93. The Morgan fingerprint density at radius 1 is 1.15 bits per heavy atom. The Kier molecular flexibility index (Phi) is 7.13. The Balaban J connectivity index is 1.43. The van der Waals surface area contributed by atoms with Crippen LogP contribution >= 0.6 is 0 Å². The summed E-state index contributed by atoms with van der Waals surface area (Å²) in [5.41, 5.74) is 2.51. The quantitative estimate of drug-likeness (QED) is 0.833. The van der Waals surface area contributed by atoms with Gasteiger partial charge in [0.1, 0.15) is 5.75 Å². The number of aryl methyl sites for hydroxylation is 1. The monoisotopic (exact) mass is 373 g/mol. The van der Waals surface area contributed by atoms with Gasteiger partial charge in [0, 0.05) is 44.3 Å². The SMILES string of the molecule is COc1ccc(C)cc1CN1CCN(CC(=O)N[C@@H]2CCCC[C@H]2C)CC1. The molecule has 1 aliphatic heterocycles. The van der Waals surface area contributed by atoms with E-state index in [1.54, 1.807) is 7.11 Å². The molecule has 0 radical (unpaired) electrons. The fourth-order valence-corrected chi connectivity index (χ4v) is 4.36. The average molecular weight is 374 g/mol. The van der Waals surface area contributed by atoms with E-state index >= 15 is 0 Å². The van der Waals surface area contributed by atoms with E-state index in [0.717, 1.165) is 44.9 Å². The Labute approximate surface area is 164 Å². The Morgan fingerprint density at radius 2 is 1.85 bits per heavy atom. The lowest BCUT2D eigenvalue weighted by molar-refractivity contribution is -0.124. The molecule has 27 heavy (non-hydrogen) atoms. The van der Waals surface area contributed by atoms with Crippen molar-refractivity contribution in [3.8, 4) is 5.75 Å². The van der Waals surface area contributed by atoms with E-state index in [1.165, 1.54) is 30.4 Å². The molecule has 1 saturated carbocycles. The van der Waals surface area contributed by atoms with Gasteiger partial charge in [-0.25, -0.2) is 0 Å². The second kappa shape index (κ2) is 9.56. The van der Waals surface area contributed by atoms with Crippen LogP contribution in [-0.2, 0) is 11.3 Å². The van der Waals surface area contributed by atoms with Gasteiger partial charge >= 0.3 is 0 Å². The highest BCUT2D eigenvalue weighted by atomic mass is 16.5. The summed E-state index contributed by atoms with van der Waals surface area (Å²) in [6.45, 7) is 9.70. The van der Waals surface area contributed by atoms with Crippen LogP contribution in [0.3, 0.4) is 0 Å². The average Bonchev–Trinajstić information content (AvgIpc) is 2.65. The minimum Gasteiger partial charge on any atom is -0.496 e. The molecule has 2 aliphatic rings. The maximum absolute atomic E-state index is 12.4. The number of rotatable bonds is 6.